The molecule has 0 fully saturated rings. The lowest BCUT2D eigenvalue weighted by Crippen LogP contribution is -2.40. The first-order valence-electron chi connectivity index (χ1n) is 18.3. The van der Waals surface area contributed by atoms with Crippen LogP contribution in [0.15, 0.2) is 91.0 Å². The number of methoxy groups -OCH3 is 2. The highest BCUT2D eigenvalue weighted by Gasteiger charge is 2.40. The maximum Gasteiger partial charge on any atom is 0.270 e. The lowest BCUT2D eigenvalue weighted by Gasteiger charge is -2.24. The molecule has 0 radical (unpaired) electrons. The van der Waals surface area contributed by atoms with Gasteiger partial charge in [-0.3, -0.25) is 19.7 Å². The molecule has 0 aromatic heterocycles. The largest absolute Gasteiger partial charge is 0.493 e. The van der Waals surface area contributed by atoms with Crippen LogP contribution < -0.4 is 38.7 Å². The van der Waals surface area contributed by atoms with Crippen LogP contribution in [0.1, 0.15) is 43.0 Å². The fourth-order valence-electron chi connectivity index (χ4n) is 8.32. The van der Waals surface area contributed by atoms with Gasteiger partial charge in [-0.05, 0) is 74.8 Å². The summed E-state index contributed by atoms with van der Waals surface area (Å²) in [6.45, 7) is 1.10. The Balaban J connectivity index is 0.952. The number of carbonyl (C=O) groups excluding carboxylic acids is 2. The standard InChI is InChI=1S/C42H38N5O8P/c1-52-37-16-31-33(43-20-29-14-26-7-3-5-9-34(26)45(29)41(31)48)18-39(37)54-22-24-11-25(13-28(12-24)47(50)51)23-55-40-19-36-32(17-38(40)53-2)42(49)46-30(21-44(36)56)15-27-8-4-6-10-35(27)46/h3-13,16-19,29-30,43H,14-15,20-23,56H2,1-2H3/t29-,30-/m0/s1. The molecule has 5 aromatic rings. The van der Waals surface area contributed by atoms with Crippen LogP contribution in [-0.2, 0) is 26.1 Å². The van der Waals surface area contributed by atoms with Crippen LogP contribution >= 0.6 is 9.39 Å². The van der Waals surface area contributed by atoms with E-state index in [0.717, 1.165) is 35.3 Å². The van der Waals surface area contributed by atoms with Crippen LogP contribution in [-0.4, -0.2) is 56.1 Å². The van der Waals surface area contributed by atoms with E-state index in [-0.39, 0.29) is 42.8 Å². The van der Waals surface area contributed by atoms with Gasteiger partial charge in [0.05, 0.1) is 53.7 Å². The summed E-state index contributed by atoms with van der Waals surface area (Å²) in [6.07, 6.45) is 1.51. The third-order valence-electron chi connectivity index (χ3n) is 10.9. The number of non-ortho nitro benzene ring substituents is 1. The highest BCUT2D eigenvalue weighted by atomic mass is 31.0. The Labute approximate surface area is 325 Å². The van der Waals surface area contributed by atoms with Crippen LogP contribution in [0.5, 0.6) is 23.0 Å². The topological polar surface area (TPSA) is 136 Å². The Morgan fingerprint density at radius 1 is 0.714 bits per heavy atom. The summed E-state index contributed by atoms with van der Waals surface area (Å²) in [7, 11) is 5.74. The van der Waals surface area contributed by atoms with Crippen LogP contribution in [0.4, 0.5) is 28.4 Å². The van der Waals surface area contributed by atoms with Crippen molar-refractivity contribution in [3.8, 4) is 23.0 Å². The molecule has 14 heteroatoms. The minimum absolute atomic E-state index is 0.0208. The van der Waals surface area contributed by atoms with E-state index in [4.69, 9.17) is 18.9 Å². The van der Waals surface area contributed by atoms with Gasteiger partial charge in [-0.2, -0.15) is 0 Å². The summed E-state index contributed by atoms with van der Waals surface area (Å²) in [5.41, 5.74) is 7.30. The van der Waals surface area contributed by atoms with E-state index >= 15 is 0 Å². The lowest BCUT2D eigenvalue weighted by atomic mass is 10.1. The zero-order valence-electron chi connectivity index (χ0n) is 30.7. The average molecular weight is 772 g/mol. The highest BCUT2D eigenvalue weighted by Crippen LogP contribution is 2.44. The summed E-state index contributed by atoms with van der Waals surface area (Å²) in [5.74, 6) is 1.25. The molecule has 0 spiro atoms. The number of anilines is 4. The normalized spacial score (nSPS) is 17.7. The van der Waals surface area contributed by atoms with Gasteiger partial charge in [-0.15, -0.1) is 0 Å². The highest BCUT2D eigenvalue weighted by molar-refractivity contribution is 7.19. The molecule has 3 atom stereocenters. The summed E-state index contributed by atoms with van der Waals surface area (Å²) >= 11 is 0. The van der Waals surface area contributed by atoms with Crippen molar-refractivity contribution in [2.45, 2.75) is 38.1 Å². The molecule has 0 bridgehead atoms. The fourth-order valence-corrected chi connectivity index (χ4v) is 8.77. The third-order valence-corrected chi connectivity index (χ3v) is 11.4. The van der Waals surface area contributed by atoms with Crippen LogP contribution in [0.3, 0.4) is 0 Å². The molecule has 2 amide bonds. The second-order valence-corrected chi connectivity index (χ2v) is 14.9. The molecule has 13 nitrogen and oxygen atoms in total. The molecule has 9 rings (SSSR count). The van der Waals surface area contributed by atoms with Gasteiger partial charge in [0.25, 0.3) is 17.5 Å². The van der Waals surface area contributed by atoms with Crippen molar-refractivity contribution in [1.82, 2.24) is 0 Å². The van der Waals surface area contributed by atoms with Crippen molar-refractivity contribution in [1.29, 1.82) is 0 Å². The van der Waals surface area contributed by atoms with Crippen molar-refractivity contribution in [2.75, 3.05) is 47.1 Å². The Morgan fingerprint density at radius 3 is 1.89 bits per heavy atom. The van der Waals surface area contributed by atoms with Crippen molar-refractivity contribution in [2.24, 2.45) is 0 Å². The van der Waals surface area contributed by atoms with E-state index in [9.17, 15) is 19.7 Å². The molecule has 284 valence electrons. The minimum Gasteiger partial charge on any atom is -0.493 e. The number of para-hydroxylation sites is 2. The van der Waals surface area contributed by atoms with Gasteiger partial charge in [0.2, 0.25) is 0 Å². The molecule has 5 aromatic carbocycles. The first-order valence-corrected chi connectivity index (χ1v) is 18.8. The van der Waals surface area contributed by atoms with Gasteiger partial charge in [0.1, 0.15) is 13.2 Å². The fraction of sp³-hybridized carbons (Fsp3) is 0.238. The molecule has 1 N–H and O–H groups in total. The molecule has 1 unspecified atom stereocenters. The second kappa shape index (κ2) is 14.1. The van der Waals surface area contributed by atoms with Gasteiger partial charge >= 0.3 is 0 Å². The number of rotatable bonds is 9. The maximum atomic E-state index is 14.0. The van der Waals surface area contributed by atoms with Crippen LogP contribution in [0, 0.1) is 10.1 Å². The Kier molecular flexibility index (Phi) is 8.89. The van der Waals surface area contributed by atoms with E-state index in [1.807, 2.05) is 50.9 Å². The third kappa shape index (κ3) is 6.08. The summed E-state index contributed by atoms with van der Waals surface area (Å²) < 4.78 is 25.8. The minimum atomic E-state index is -0.457. The number of ether oxygens (including phenoxy) is 4. The van der Waals surface area contributed by atoms with Crippen molar-refractivity contribution >= 4 is 49.6 Å². The smallest absolute Gasteiger partial charge is 0.270 e. The summed E-state index contributed by atoms with van der Waals surface area (Å²) in [4.78, 5) is 43.2. The number of benzene rings is 5. The van der Waals surface area contributed by atoms with Gasteiger partial charge < -0.3 is 38.7 Å². The number of nitrogens with one attached hydrogen (secondary N) is 1. The van der Waals surface area contributed by atoms with Crippen LogP contribution in [0.2, 0.25) is 0 Å². The molecule has 0 saturated heterocycles. The van der Waals surface area contributed by atoms with Gasteiger partial charge in [0, 0.05) is 48.7 Å². The molecule has 0 aliphatic carbocycles. The number of nitro groups is 1. The van der Waals surface area contributed by atoms with E-state index in [1.165, 1.54) is 26.4 Å². The lowest BCUT2D eigenvalue weighted by molar-refractivity contribution is -0.385. The number of hydrogen-bond donors (Lipinski definition) is 1. The zero-order chi connectivity index (χ0) is 38.7. The predicted octanol–water partition coefficient (Wildman–Crippen LogP) is 6.95. The summed E-state index contributed by atoms with van der Waals surface area (Å²) in [5, 5.41) is 15.5. The Bertz CT molecular complexity index is 2440. The molecule has 4 heterocycles. The molecular formula is C42H38N5O8P. The quantitative estimate of drug-likeness (QED) is 0.0953. The second-order valence-electron chi connectivity index (χ2n) is 14.3. The molecule has 4 aliphatic rings. The number of carbonyl (C=O) groups is 2. The molecule has 4 aliphatic heterocycles. The first kappa shape index (κ1) is 35.4. The van der Waals surface area contributed by atoms with E-state index < -0.39 is 4.92 Å². The van der Waals surface area contributed by atoms with Crippen molar-refractivity contribution in [3.63, 3.8) is 0 Å². The number of hydrogen-bond acceptors (Lipinski definition) is 10. The van der Waals surface area contributed by atoms with E-state index in [0.29, 0.717) is 69.7 Å². The number of nitrogens with zero attached hydrogens (tertiary/aromatic N) is 4. The average Bonchev–Trinajstić information content (AvgIpc) is 3.71. The van der Waals surface area contributed by atoms with Gasteiger partial charge in [-0.1, -0.05) is 36.4 Å². The number of amides is 2. The predicted molar refractivity (Wildman–Crippen MR) is 215 cm³/mol. The SMILES string of the molecule is COc1cc2c(cc1OCc1cc(COc3cc4c(cc3OC)C(=O)N3c5ccccc5C[C@H]3CN4P)cc([N+](=O)[O-])c1)NC[C@@H]1Cc3ccccc3N1C2=O. The van der Waals surface area contributed by atoms with Crippen molar-refractivity contribution in [3.05, 3.63) is 134 Å². The molecule has 0 saturated carbocycles. The molecular weight excluding hydrogens is 733 g/mol. The number of fused-ring (bicyclic) bond motifs is 8. The molecule has 56 heavy (non-hydrogen) atoms. The van der Waals surface area contributed by atoms with Crippen LogP contribution in [0.25, 0.3) is 0 Å². The van der Waals surface area contributed by atoms with Gasteiger partial charge in [0.15, 0.2) is 23.0 Å². The summed E-state index contributed by atoms with van der Waals surface area (Å²) in [6, 6.07) is 27.4. The Hall–Kier alpha value is -6.33. The number of nitro benzene ring substituents is 1. The van der Waals surface area contributed by atoms with E-state index in [2.05, 4.69) is 26.8 Å². The van der Waals surface area contributed by atoms with Gasteiger partial charge in [-0.25, -0.2) is 0 Å². The zero-order valence-corrected chi connectivity index (χ0v) is 31.8. The first-order chi connectivity index (χ1) is 27.2. The van der Waals surface area contributed by atoms with E-state index in [1.54, 1.807) is 30.3 Å². The monoisotopic (exact) mass is 771 g/mol. The van der Waals surface area contributed by atoms with Crippen molar-refractivity contribution < 1.29 is 33.5 Å². The maximum absolute atomic E-state index is 14.0. The Morgan fingerprint density at radius 2 is 1.27 bits per heavy atom.